The molecule has 0 aliphatic rings. The molecule has 0 saturated carbocycles. The minimum Gasteiger partial charge on any atom is -0.445 e. The van der Waals surface area contributed by atoms with Gasteiger partial charge in [-0.15, -0.1) is 0 Å². The Morgan fingerprint density at radius 2 is 2.05 bits per heavy atom. The summed E-state index contributed by atoms with van der Waals surface area (Å²) in [5, 5.41) is 9.09. The van der Waals surface area contributed by atoms with E-state index in [2.05, 4.69) is 0 Å². The van der Waals surface area contributed by atoms with Crippen LogP contribution >= 0.6 is 0 Å². The second kappa shape index (κ2) is 8.53. The first-order valence-electron chi connectivity index (χ1n) is 6.70. The maximum absolute atomic E-state index is 11.7. The highest BCUT2D eigenvalue weighted by molar-refractivity contribution is 5.67. The van der Waals surface area contributed by atoms with Crippen LogP contribution < -0.4 is 0 Å². The Balaban J connectivity index is 2.29. The van der Waals surface area contributed by atoms with Gasteiger partial charge in [0.15, 0.2) is 0 Å². The second-order valence-electron chi connectivity index (χ2n) is 4.71. The van der Waals surface area contributed by atoms with Gasteiger partial charge in [0.25, 0.3) is 0 Å². The first-order valence-corrected chi connectivity index (χ1v) is 6.70. The van der Waals surface area contributed by atoms with Crippen molar-refractivity contribution in [2.75, 3.05) is 20.2 Å². The van der Waals surface area contributed by atoms with Gasteiger partial charge in [-0.25, -0.2) is 4.79 Å². The van der Waals surface area contributed by atoms with E-state index < -0.39 is 0 Å². The molecule has 0 fully saturated rings. The van der Waals surface area contributed by atoms with Gasteiger partial charge in [0.2, 0.25) is 0 Å². The molecule has 0 aliphatic carbocycles. The molecule has 1 amide bonds. The van der Waals surface area contributed by atoms with Gasteiger partial charge >= 0.3 is 6.09 Å². The van der Waals surface area contributed by atoms with Gasteiger partial charge in [0.05, 0.1) is 0 Å². The van der Waals surface area contributed by atoms with Crippen molar-refractivity contribution in [2.24, 2.45) is 5.92 Å². The summed E-state index contributed by atoms with van der Waals surface area (Å²) in [6.45, 7) is 3.10. The Kier molecular flexibility index (Phi) is 6.97. The highest BCUT2D eigenvalue weighted by Gasteiger charge is 2.12. The quantitative estimate of drug-likeness (QED) is 0.824. The van der Waals surface area contributed by atoms with Crippen LogP contribution in [0.25, 0.3) is 0 Å². The molecule has 4 heteroatoms. The average molecular weight is 265 g/mol. The van der Waals surface area contributed by atoms with Crippen LogP contribution in [0.3, 0.4) is 0 Å². The maximum Gasteiger partial charge on any atom is 0.409 e. The zero-order chi connectivity index (χ0) is 14.1. The number of carbonyl (C=O) groups is 1. The summed E-state index contributed by atoms with van der Waals surface area (Å²) < 4.78 is 5.21. The molecule has 0 spiro atoms. The minimum absolute atomic E-state index is 0.170. The minimum atomic E-state index is -0.323. The fraction of sp³-hybridized carbons (Fsp3) is 0.533. The summed E-state index contributed by atoms with van der Waals surface area (Å²) >= 11 is 0. The number of rotatable bonds is 7. The number of amides is 1. The Hall–Kier alpha value is -1.55. The topological polar surface area (TPSA) is 49.8 Å². The van der Waals surface area contributed by atoms with E-state index in [1.807, 2.05) is 37.3 Å². The van der Waals surface area contributed by atoms with E-state index in [-0.39, 0.29) is 18.6 Å². The first-order chi connectivity index (χ1) is 9.17. The summed E-state index contributed by atoms with van der Waals surface area (Å²) in [7, 11) is 1.72. The van der Waals surface area contributed by atoms with Crippen LogP contribution in [0, 0.1) is 5.92 Å². The number of benzene rings is 1. The van der Waals surface area contributed by atoms with Crippen LogP contribution in [0.4, 0.5) is 4.79 Å². The molecule has 1 atom stereocenters. The number of ether oxygens (including phenoxy) is 1. The van der Waals surface area contributed by atoms with Crippen molar-refractivity contribution in [1.29, 1.82) is 0 Å². The molecule has 4 nitrogen and oxygen atoms in total. The van der Waals surface area contributed by atoms with Gasteiger partial charge in [-0.2, -0.15) is 0 Å². The second-order valence-corrected chi connectivity index (χ2v) is 4.71. The third kappa shape index (κ3) is 5.75. The zero-order valence-electron chi connectivity index (χ0n) is 11.7. The third-order valence-corrected chi connectivity index (χ3v) is 3.23. The van der Waals surface area contributed by atoms with Gasteiger partial charge in [-0.3, -0.25) is 0 Å². The van der Waals surface area contributed by atoms with E-state index >= 15 is 0 Å². The lowest BCUT2D eigenvalue weighted by Gasteiger charge is -2.19. The van der Waals surface area contributed by atoms with Crippen LogP contribution in [-0.2, 0) is 11.3 Å². The van der Waals surface area contributed by atoms with Crippen LogP contribution in [-0.4, -0.2) is 36.3 Å². The number of aliphatic hydroxyl groups is 1. The fourth-order valence-electron chi connectivity index (χ4n) is 1.72. The molecule has 1 aromatic rings. The molecule has 0 bridgehead atoms. The molecule has 0 aromatic heterocycles. The molecule has 1 rings (SSSR count). The predicted octanol–water partition coefficient (Wildman–Crippen LogP) is 2.66. The van der Waals surface area contributed by atoms with E-state index in [1.165, 1.54) is 0 Å². The molecule has 0 radical (unpaired) electrons. The Morgan fingerprint density at radius 3 is 2.63 bits per heavy atom. The molecule has 19 heavy (non-hydrogen) atoms. The van der Waals surface area contributed by atoms with Crippen LogP contribution in [0.15, 0.2) is 30.3 Å². The highest BCUT2D eigenvalue weighted by atomic mass is 16.6. The monoisotopic (exact) mass is 265 g/mol. The normalized spacial score (nSPS) is 11.9. The molecule has 106 valence electrons. The van der Waals surface area contributed by atoms with E-state index in [1.54, 1.807) is 11.9 Å². The van der Waals surface area contributed by atoms with Gasteiger partial charge in [0, 0.05) is 20.2 Å². The van der Waals surface area contributed by atoms with Gasteiger partial charge in [0.1, 0.15) is 6.61 Å². The fourth-order valence-corrected chi connectivity index (χ4v) is 1.72. The summed E-state index contributed by atoms with van der Waals surface area (Å²) in [5.74, 6) is 0.254. The Bertz CT molecular complexity index is 363. The van der Waals surface area contributed by atoms with Crippen molar-refractivity contribution in [3.05, 3.63) is 35.9 Å². The van der Waals surface area contributed by atoms with Crippen molar-refractivity contribution in [3.8, 4) is 0 Å². The van der Waals surface area contributed by atoms with E-state index in [9.17, 15) is 4.79 Å². The largest absolute Gasteiger partial charge is 0.445 e. The predicted molar refractivity (Wildman–Crippen MR) is 74.7 cm³/mol. The summed E-state index contributed by atoms with van der Waals surface area (Å²) in [6, 6.07) is 9.61. The number of hydrogen-bond acceptors (Lipinski definition) is 3. The highest BCUT2D eigenvalue weighted by Crippen LogP contribution is 2.08. The molecule has 1 aromatic carbocycles. The molecule has 0 saturated heterocycles. The SMILES string of the molecule is CCC(CO)CCN(C)C(=O)OCc1ccccc1. The lowest BCUT2D eigenvalue weighted by atomic mass is 10.0. The Morgan fingerprint density at radius 1 is 1.37 bits per heavy atom. The van der Waals surface area contributed by atoms with E-state index in [0.717, 1.165) is 18.4 Å². The van der Waals surface area contributed by atoms with Gasteiger partial charge < -0.3 is 14.7 Å². The van der Waals surface area contributed by atoms with Crippen LogP contribution in [0.1, 0.15) is 25.3 Å². The Labute approximate surface area is 115 Å². The van der Waals surface area contributed by atoms with Crippen molar-refractivity contribution in [1.82, 2.24) is 4.90 Å². The number of carbonyl (C=O) groups excluding carboxylic acids is 1. The van der Waals surface area contributed by atoms with Crippen LogP contribution in [0.5, 0.6) is 0 Å². The van der Waals surface area contributed by atoms with Gasteiger partial charge in [-0.1, -0.05) is 43.7 Å². The standard InChI is InChI=1S/C15H23NO3/c1-3-13(11-17)9-10-16(2)15(18)19-12-14-7-5-4-6-8-14/h4-8,13,17H,3,9-12H2,1-2H3. The molecule has 0 aliphatic heterocycles. The summed E-state index contributed by atoms with van der Waals surface area (Å²) in [4.78, 5) is 13.3. The van der Waals surface area contributed by atoms with E-state index in [4.69, 9.17) is 9.84 Å². The summed E-state index contributed by atoms with van der Waals surface area (Å²) in [5.41, 5.74) is 0.978. The molecule has 1 unspecified atom stereocenters. The first kappa shape index (κ1) is 15.5. The lowest BCUT2D eigenvalue weighted by molar-refractivity contribution is 0.100. The number of nitrogens with zero attached hydrogens (tertiary/aromatic N) is 1. The van der Waals surface area contributed by atoms with Crippen molar-refractivity contribution >= 4 is 6.09 Å². The van der Waals surface area contributed by atoms with Crippen LogP contribution in [0.2, 0.25) is 0 Å². The molecular formula is C15H23NO3. The zero-order valence-corrected chi connectivity index (χ0v) is 11.7. The molecule has 1 N–H and O–H groups in total. The van der Waals surface area contributed by atoms with Crippen molar-refractivity contribution < 1.29 is 14.6 Å². The smallest absolute Gasteiger partial charge is 0.409 e. The number of hydrogen-bond donors (Lipinski definition) is 1. The lowest BCUT2D eigenvalue weighted by Crippen LogP contribution is -2.29. The van der Waals surface area contributed by atoms with E-state index in [0.29, 0.717) is 13.2 Å². The average Bonchev–Trinajstić information content (AvgIpc) is 2.46. The molecule has 0 heterocycles. The van der Waals surface area contributed by atoms with Crippen molar-refractivity contribution in [2.45, 2.75) is 26.4 Å². The maximum atomic E-state index is 11.7. The number of aliphatic hydroxyl groups excluding tert-OH is 1. The van der Waals surface area contributed by atoms with Gasteiger partial charge in [-0.05, 0) is 17.9 Å². The van der Waals surface area contributed by atoms with Crippen molar-refractivity contribution in [3.63, 3.8) is 0 Å². The molecular weight excluding hydrogens is 242 g/mol. The summed E-state index contributed by atoms with van der Waals surface area (Å²) in [6.07, 6.45) is 1.39. The third-order valence-electron chi connectivity index (χ3n) is 3.23.